The van der Waals surface area contributed by atoms with E-state index in [0.717, 1.165) is 36.6 Å². The third-order valence-corrected chi connectivity index (χ3v) is 4.65. The van der Waals surface area contributed by atoms with E-state index in [1.807, 2.05) is 31.1 Å². The zero-order valence-electron chi connectivity index (χ0n) is 15.0. The van der Waals surface area contributed by atoms with Crippen LogP contribution in [0.3, 0.4) is 0 Å². The molecule has 1 saturated carbocycles. The number of nitriles is 1. The fourth-order valence-electron chi connectivity index (χ4n) is 3.27. The minimum atomic E-state index is -0.202. The average Bonchev–Trinajstić information content (AvgIpc) is 3.22. The monoisotopic (exact) mass is 336 g/mol. The van der Waals surface area contributed by atoms with Gasteiger partial charge in [-0.3, -0.25) is 4.79 Å². The first kappa shape index (κ1) is 17.1. The number of fused-ring (bicyclic) bond motifs is 1. The lowest BCUT2D eigenvalue weighted by Crippen LogP contribution is -2.39. The average molecular weight is 336 g/mol. The molecule has 5 heteroatoms. The molecule has 25 heavy (non-hydrogen) atoms. The zero-order valence-corrected chi connectivity index (χ0v) is 15.0. The second-order valence-electron chi connectivity index (χ2n) is 7.00. The fraction of sp³-hybridized carbons (Fsp3) is 0.400. The summed E-state index contributed by atoms with van der Waals surface area (Å²) in [5, 5.41) is 13.1. The van der Waals surface area contributed by atoms with E-state index >= 15 is 0 Å². The molecular weight excluding hydrogens is 312 g/mol. The molecule has 130 valence electrons. The van der Waals surface area contributed by atoms with E-state index in [9.17, 15) is 4.79 Å². The van der Waals surface area contributed by atoms with Crippen molar-refractivity contribution in [2.24, 2.45) is 0 Å². The van der Waals surface area contributed by atoms with E-state index in [-0.39, 0.29) is 11.4 Å². The van der Waals surface area contributed by atoms with Crippen LogP contribution < -0.4 is 5.32 Å². The number of carbonyl (C=O) groups is 1. The van der Waals surface area contributed by atoms with Crippen molar-refractivity contribution in [2.75, 3.05) is 14.1 Å². The predicted octanol–water partition coefficient (Wildman–Crippen LogP) is 3.55. The van der Waals surface area contributed by atoms with Gasteiger partial charge in [-0.2, -0.15) is 5.26 Å². The lowest BCUT2D eigenvalue weighted by atomic mass is 10.0. The topological polar surface area (TPSA) is 71.9 Å². The summed E-state index contributed by atoms with van der Waals surface area (Å²) in [5.41, 5.74) is 3.09. The van der Waals surface area contributed by atoms with E-state index in [1.54, 1.807) is 12.1 Å². The molecule has 0 atom stereocenters. The standard InChI is InChI=1S/C20H24N4O/c1-4-5-16(13-24(2)3)20(8-9-20)23-19(25)18-11-15-10-14(12-21)6-7-17(15)22-18/h6-7,10-11,13,22H,4-5,8-9H2,1-3H3,(H,23,25)/b16-13+. The van der Waals surface area contributed by atoms with E-state index in [4.69, 9.17) is 5.26 Å². The van der Waals surface area contributed by atoms with Crippen molar-refractivity contribution in [3.63, 3.8) is 0 Å². The highest BCUT2D eigenvalue weighted by Crippen LogP contribution is 2.44. The summed E-state index contributed by atoms with van der Waals surface area (Å²) in [5.74, 6) is -0.0898. The summed E-state index contributed by atoms with van der Waals surface area (Å²) in [7, 11) is 4.02. The molecule has 2 N–H and O–H groups in total. The summed E-state index contributed by atoms with van der Waals surface area (Å²) in [6, 6.07) is 9.33. The van der Waals surface area contributed by atoms with Gasteiger partial charge in [0.2, 0.25) is 0 Å². The molecule has 0 bridgehead atoms. The molecule has 0 aliphatic heterocycles. The molecule has 1 aliphatic rings. The lowest BCUT2D eigenvalue weighted by Gasteiger charge is -2.22. The van der Waals surface area contributed by atoms with E-state index in [0.29, 0.717) is 11.3 Å². The number of benzene rings is 1. The molecule has 0 spiro atoms. The third-order valence-electron chi connectivity index (χ3n) is 4.65. The molecule has 5 nitrogen and oxygen atoms in total. The number of rotatable bonds is 6. The van der Waals surface area contributed by atoms with Crippen LogP contribution in [0, 0.1) is 11.3 Å². The Morgan fingerprint density at radius 1 is 1.40 bits per heavy atom. The van der Waals surface area contributed by atoms with Crippen molar-refractivity contribution in [2.45, 2.75) is 38.1 Å². The molecule has 1 heterocycles. The quantitative estimate of drug-likeness (QED) is 0.847. The lowest BCUT2D eigenvalue weighted by molar-refractivity contribution is 0.0933. The van der Waals surface area contributed by atoms with E-state index in [2.05, 4.69) is 29.5 Å². The van der Waals surface area contributed by atoms with Crippen molar-refractivity contribution in [1.82, 2.24) is 15.2 Å². The van der Waals surface area contributed by atoms with Crippen LogP contribution in [0.1, 0.15) is 48.7 Å². The van der Waals surface area contributed by atoms with Crippen molar-refractivity contribution in [3.05, 3.63) is 47.3 Å². The number of nitrogens with one attached hydrogen (secondary N) is 2. The van der Waals surface area contributed by atoms with Crippen LogP contribution in [0.25, 0.3) is 10.9 Å². The first-order valence-corrected chi connectivity index (χ1v) is 8.70. The number of aromatic nitrogens is 1. The van der Waals surface area contributed by atoms with Gasteiger partial charge < -0.3 is 15.2 Å². The summed E-state index contributed by atoms with van der Waals surface area (Å²) < 4.78 is 0. The molecule has 1 fully saturated rings. The SMILES string of the molecule is CCC/C(=C\N(C)C)C1(NC(=O)c2cc3cc(C#N)ccc3[nH]2)CC1. The van der Waals surface area contributed by atoms with Gasteiger partial charge in [0.15, 0.2) is 0 Å². The number of H-pyrrole nitrogens is 1. The largest absolute Gasteiger partial charge is 0.383 e. The van der Waals surface area contributed by atoms with Crippen LogP contribution in [0.15, 0.2) is 36.0 Å². The number of hydrogen-bond acceptors (Lipinski definition) is 3. The predicted molar refractivity (Wildman–Crippen MR) is 99.1 cm³/mol. The molecule has 2 aromatic rings. The molecule has 1 aliphatic carbocycles. The highest BCUT2D eigenvalue weighted by Gasteiger charge is 2.47. The summed E-state index contributed by atoms with van der Waals surface area (Å²) in [6.45, 7) is 2.16. The van der Waals surface area contributed by atoms with Gasteiger partial charge in [0.1, 0.15) is 5.69 Å². The molecule has 1 aromatic carbocycles. The molecule has 0 radical (unpaired) electrons. The maximum absolute atomic E-state index is 12.8. The number of amides is 1. The van der Waals surface area contributed by atoms with Crippen molar-refractivity contribution < 1.29 is 4.79 Å². The Morgan fingerprint density at radius 2 is 2.16 bits per heavy atom. The Kier molecular flexibility index (Phi) is 4.54. The summed E-state index contributed by atoms with van der Waals surface area (Å²) in [6.07, 6.45) is 6.15. The van der Waals surface area contributed by atoms with Crippen molar-refractivity contribution >= 4 is 16.8 Å². The highest BCUT2D eigenvalue weighted by atomic mass is 16.2. The van der Waals surface area contributed by atoms with Crippen molar-refractivity contribution in [1.29, 1.82) is 5.26 Å². The van der Waals surface area contributed by atoms with Gasteiger partial charge in [-0.15, -0.1) is 0 Å². The Labute approximate surface area is 148 Å². The van der Waals surface area contributed by atoms with Crippen molar-refractivity contribution in [3.8, 4) is 6.07 Å². The van der Waals surface area contributed by atoms with Crippen LogP contribution in [0.5, 0.6) is 0 Å². The van der Waals surface area contributed by atoms with Gasteiger partial charge >= 0.3 is 0 Å². The number of nitrogens with zero attached hydrogens (tertiary/aromatic N) is 2. The van der Waals surface area contributed by atoms with Gasteiger partial charge in [0.05, 0.1) is 17.2 Å². The van der Waals surface area contributed by atoms with E-state index in [1.165, 1.54) is 5.57 Å². The van der Waals surface area contributed by atoms with E-state index < -0.39 is 0 Å². The number of hydrogen-bond donors (Lipinski definition) is 2. The minimum Gasteiger partial charge on any atom is -0.383 e. The molecule has 1 amide bonds. The van der Waals surface area contributed by atoms with Gasteiger partial charge in [-0.05, 0) is 49.1 Å². The van der Waals surface area contributed by atoms with Gasteiger partial charge in [-0.25, -0.2) is 0 Å². The highest BCUT2D eigenvalue weighted by molar-refractivity contribution is 5.99. The Hall–Kier alpha value is -2.74. The second kappa shape index (κ2) is 6.64. The minimum absolute atomic E-state index is 0.0898. The van der Waals surface area contributed by atoms with Gasteiger partial charge in [0.25, 0.3) is 5.91 Å². The third kappa shape index (κ3) is 3.53. The van der Waals surface area contributed by atoms with Gasteiger partial charge in [0, 0.05) is 31.2 Å². The van der Waals surface area contributed by atoms with Crippen LogP contribution >= 0.6 is 0 Å². The molecule has 3 rings (SSSR count). The fourth-order valence-corrected chi connectivity index (χ4v) is 3.27. The Morgan fingerprint density at radius 3 is 2.76 bits per heavy atom. The van der Waals surface area contributed by atoms with Gasteiger partial charge in [-0.1, -0.05) is 13.3 Å². The van der Waals surface area contributed by atoms with Crippen LogP contribution in [-0.2, 0) is 0 Å². The first-order chi connectivity index (χ1) is 12.0. The van der Waals surface area contributed by atoms with Crippen LogP contribution in [0.2, 0.25) is 0 Å². The summed E-state index contributed by atoms with van der Waals surface area (Å²) >= 11 is 0. The molecule has 0 unspecified atom stereocenters. The maximum Gasteiger partial charge on any atom is 0.268 e. The number of carbonyl (C=O) groups excluding carboxylic acids is 1. The van der Waals surface area contributed by atoms with Crippen LogP contribution in [-0.4, -0.2) is 35.4 Å². The molecular formula is C20H24N4O. The number of aromatic amines is 1. The maximum atomic E-state index is 12.8. The molecule has 1 aromatic heterocycles. The Bertz CT molecular complexity index is 865. The normalized spacial score (nSPS) is 15.7. The Balaban J connectivity index is 1.83. The zero-order chi connectivity index (χ0) is 18.0. The van der Waals surface area contributed by atoms with Crippen LogP contribution in [0.4, 0.5) is 0 Å². The smallest absolute Gasteiger partial charge is 0.268 e. The second-order valence-corrected chi connectivity index (χ2v) is 7.00. The molecule has 0 saturated heterocycles. The summed E-state index contributed by atoms with van der Waals surface area (Å²) in [4.78, 5) is 18.0. The first-order valence-electron chi connectivity index (χ1n) is 8.70.